The van der Waals surface area contributed by atoms with Crippen molar-refractivity contribution < 1.29 is 4.74 Å². The number of fused-ring (bicyclic) bond motifs is 1. The second-order valence-corrected chi connectivity index (χ2v) is 4.48. The summed E-state index contributed by atoms with van der Waals surface area (Å²) in [6.07, 6.45) is 1.80. The average molecular weight is 264 g/mol. The van der Waals surface area contributed by atoms with E-state index in [2.05, 4.69) is 16.3 Å². The Morgan fingerprint density at radius 2 is 2.05 bits per heavy atom. The lowest BCUT2D eigenvalue weighted by molar-refractivity contribution is 0.416. The molecule has 0 atom stereocenters. The van der Waals surface area contributed by atoms with Crippen molar-refractivity contribution in [3.05, 3.63) is 47.7 Å². The van der Waals surface area contributed by atoms with Gasteiger partial charge in [-0.3, -0.25) is 4.40 Å². The molecule has 0 unspecified atom stereocenters. The first-order valence-corrected chi connectivity index (χ1v) is 6.13. The molecule has 0 saturated carbocycles. The Morgan fingerprint density at radius 1 is 1.20 bits per heavy atom. The van der Waals surface area contributed by atoms with Crippen molar-refractivity contribution in [2.45, 2.75) is 6.92 Å². The lowest BCUT2D eigenvalue weighted by Crippen LogP contribution is -1.94. The molecule has 0 N–H and O–H groups in total. The molecule has 0 aliphatic rings. The number of pyridine rings is 1. The van der Waals surface area contributed by atoms with Crippen LogP contribution in [0.2, 0.25) is 0 Å². The summed E-state index contributed by atoms with van der Waals surface area (Å²) in [6, 6.07) is 11.4. The van der Waals surface area contributed by atoms with Crippen LogP contribution in [-0.4, -0.2) is 21.7 Å². The standard InChI is InChI=1S/C15H12N4O/c1-10-3-4-13(20-2)12(7-10)15-18-17-14-8-11(9-16)5-6-19(14)15/h3-8H,1-2H3. The van der Waals surface area contributed by atoms with Gasteiger partial charge in [-0.05, 0) is 25.1 Å². The van der Waals surface area contributed by atoms with Crippen molar-refractivity contribution in [1.82, 2.24) is 14.6 Å². The Hall–Kier alpha value is -2.87. The molecule has 3 aromatic rings. The molecule has 3 rings (SSSR count). The van der Waals surface area contributed by atoms with Gasteiger partial charge in [0.25, 0.3) is 0 Å². The molecule has 0 radical (unpaired) electrons. The van der Waals surface area contributed by atoms with Gasteiger partial charge >= 0.3 is 0 Å². The molecule has 0 aliphatic heterocycles. The average Bonchev–Trinajstić information content (AvgIpc) is 2.89. The molecule has 0 aliphatic carbocycles. The first kappa shape index (κ1) is 12.2. The van der Waals surface area contributed by atoms with Gasteiger partial charge < -0.3 is 4.74 Å². The third kappa shape index (κ3) is 1.88. The van der Waals surface area contributed by atoms with Crippen molar-refractivity contribution in [1.29, 1.82) is 5.26 Å². The Balaban J connectivity index is 2.25. The van der Waals surface area contributed by atoms with Crippen LogP contribution in [0.4, 0.5) is 0 Å². The summed E-state index contributed by atoms with van der Waals surface area (Å²) in [5.74, 6) is 1.44. The van der Waals surface area contributed by atoms with Gasteiger partial charge in [0, 0.05) is 12.3 Å². The van der Waals surface area contributed by atoms with E-state index in [4.69, 9.17) is 10.00 Å². The number of hydrogen-bond donors (Lipinski definition) is 0. The molecular weight excluding hydrogens is 252 g/mol. The molecule has 98 valence electrons. The molecule has 5 heteroatoms. The molecule has 0 saturated heterocycles. The predicted molar refractivity (Wildman–Crippen MR) is 74.4 cm³/mol. The minimum Gasteiger partial charge on any atom is -0.496 e. The Bertz CT molecular complexity index is 829. The fourth-order valence-corrected chi connectivity index (χ4v) is 2.14. The van der Waals surface area contributed by atoms with Crippen LogP contribution in [-0.2, 0) is 0 Å². The fraction of sp³-hybridized carbons (Fsp3) is 0.133. The first-order valence-electron chi connectivity index (χ1n) is 6.13. The number of ether oxygens (including phenoxy) is 1. The second kappa shape index (κ2) is 4.67. The number of aromatic nitrogens is 3. The van der Waals surface area contributed by atoms with Crippen LogP contribution in [0.1, 0.15) is 11.1 Å². The van der Waals surface area contributed by atoms with Crippen molar-refractivity contribution in [3.63, 3.8) is 0 Å². The minimum atomic E-state index is 0.563. The van der Waals surface area contributed by atoms with Crippen LogP contribution in [0, 0.1) is 18.3 Å². The van der Waals surface area contributed by atoms with Crippen molar-refractivity contribution in [2.24, 2.45) is 0 Å². The smallest absolute Gasteiger partial charge is 0.172 e. The van der Waals surface area contributed by atoms with Gasteiger partial charge in [0.05, 0.1) is 24.3 Å². The molecular formula is C15H12N4O. The summed E-state index contributed by atoms with van der Waals surface area (Å²) in [5.41, 5.74) is 3.20. The normalized spacial score (nSPS) is 10.4. The number of hydrogen-bond acceptors (Lipinski definition) is 4. The van der Waals surface area contributed by atoms with E-state index in [9.17, 15) is 0 Å². The molecule has 0 spiro atoms. The number of nitriles is 1. The van der Waals surface area contributed by atoms with E-state index in [0.717, 1.165) is 16.9 Å². The highest BCUT2D eigenvalue weighted by molar-refractivity contribution is 5.68. The number of rotatable bonds is 2. The van der Waals surface area contributed by atoms with Gasteiger partial charge in [0.15, 0.2) is 11.5 Å². The van der Waals surface area contributed by atoms with Crippen LogP contribution in [0.3, 0.4) is 0 Å². The van der Waals surface area contributed by atoms with Crippen LogP contribution < -0.4 is 4.74 Å². The fourth-order valence-electron chi connectivity index (χ4n) is 2.14. The molecule has 0 fully saturated rings. The van der Waals surface area contributed by atoms with E-state index in [1.54, 1.807) is 25.4 Å². The zero-order valence-electron chi connectivity index (χ0n) is 11.2. The van der Waals surface area contributed by atoms with Crippen LogP contribution in [0.25, 0.3) is 17.0 Å². The maximum atomic E-state index is 8.91. The quantitative estimate of drug-likeness (QED) is 0.713. The highest BCUT2D eigenvalue weighted by atomic mass is 16.5. The Morgan fingerprint density at radius 3 is 2.80 bits per heavy atom. The highest BCUT2D eigenvalue weighted by Gasteiger charge is 2.13. The largest absolute Gasteiger partial charge is 0.496 e. The van der Waals surface area contributed by atoms with E-state index < -0.39 is 0 Å². The van der Waals surface area contributed by atoms with E-state index in [1.165, 1.54) is 0 Å². The monoisotopic (exact) mass is 264 g/mol. The van der Waals surface area contributed by atoms with Crippen LogP contribution in [0.5, 0.6) is 5.75 Å². The van der Waals surface area contributed by atoms with Crippen molar-refractivity contribution in [2.75, 3.05) is 7.11 Å². The van der Waals surface area contributed by atoms with E-state index >= 15 is 0 Å². The maximum Gasteiger partial charge on any atom is 0.172 e. The van der Waals surface area contributed by atoms with Gasteiger partial charge in [-0.2, -0.15) is 5.26 Å². The van der Waals surface area contributed by atoms with Crippen LogP contribution >= 0.6 is 0 Å². The molecule has 2 aromatic heterocycles. The number of methoxy groups -OCH3 is 1. The highest BCUT2D eigenvalue weighted by Crippen LogP contribution is 2.29. The van der Waals surface area contributed by atoms with E-state index in [0.29, 0.717) is 17.0 Å². The van der Waals surface area contributed by atoms with Crippen molar-refractivity contribution >= 4 is 5.65 Å². The SMILES string of the molecule is COc1ccc(C)cc1-c1nnc2cc(C#N)ccn12. The van der Waals surface area contributed by atoms with Gasteiger partial charge in [-0.25, -0.2) is 0 Å². The van der Waals surface area contributed by atoms with Gasteiger partial charge in [-0.15, -0.1) is 10.2 Å². The third-order valence-corrected chi connectivity index (χ3v) is 3.13. The van der Waals surface area contributed by atoms with Gasteiger partial charge in [-0.1, -0.05) is 11.6 Å². The summed E-state index contributed by atoms with van der Waals surface area (Å²) in [6.45, 7) is 2.01. The molecule has 2 heterocycles. The maximum absolute atomic E-state index is 8.91. The van der Waals surface area contributed by atoms with Gasteiger partial charge in [0.1, 0.15) is 5.75 Å². The number of aryl methyl sites for hydroxylation is 1. The topological polar surface area (TPSA) is 63.2 Å². The number of nitrogens with zero attached hydrogens (tertiary/aromatic N) is 4. The summed E-state index contributed by atoms with van der Waals surface area (Å²) >= 11 is 0. The van der Waals surface area contributed by atoms with Crippen molar-refractivity contribution in [3.8, 4) is 23.2 Å². The summed E-state index contributed by atoms with van der Waals surface area (Å²) in [4.78, 5) is 0. The zero-order chi connectivity index (χ0) is 14.1. The minimum absolute atomic E-state index is 0.563. The summed E-state index contributed by atoms with van der Waals surface area (Å²) in [5, 5.41) is 17.2. The first-order chi connectivity index (χ1) is 9.72. The molecule has 0 amide bonds. The summed E-state index contributed by atoms with van der Waals surface area (Å²) in [7, 11) is 1.63. The molecule has 1 aromatic carbocycles. The third-order valence-electron chi connectivity index (χ3n) is 3.13. The van der Waals surface area contributed by atoms with Crippen LogP contribution in [0.15, 0.2) is 36.5 Å². The number of benzene rings is 1. The Labute approximate surface area is 116 Å². The van der Waals surface area contributed by atoms with Gasteiger partial charge in [0.2, 0.25) is 0 Å². The molecule has 0 bridgehead atoms. The lowest BCUT2D eigenvalue weighted by Gasteiger charge is -2.08. The molecule has 20 heavy (non-hydrogen) atoms. The zero-order valence-corrected chi connectivity index (χ0v) is 11.2. The lowest BCUT2D eigenvalue weighted by atomic mass is 10.1. The predicted octanol–water partition coefficient (Wildman–Crippen LogP) is 2.58. The Kier molecular flexibility index (Phi) is 2.84. The second-order valence-electron chi connectivity index (χ2n) is 4.48. The summed E-state index contributed by atoms with van der Waals surface area (Å²) < 4.78 is 7.23. The van der Waals surface area contributed by atoms with E-state index in [1.807, 2.05) is 29.5 Å². The molecule has 5 nitrogen and oxygen atoms in total. The van der Waals surface area contributed by atoms with E-state index in [-0.39, 0.29) is 0 Å².